The largest absolute Gasteiger partial charge is 0.381 e. The van der Waals surface area contributed by atoms with Crippen LogP contribution in [-0.2, 0) is 0 Å². The Hall–Kier alpha value is -1.61. The van der Waals surface area contributed by atoms with Gasteiger partial charge in [0.15, 0.2) is 0 Å². The summed E-state index contributed by atoms with van der Waals surface area (Å²) in [7, 11) is 0. The first-order valence-electron chi connectivity index (χ1n) is 6.15. The summed E-state index contributed by atoms with van der Waals surface area (Å²) in [4.78, 5) is 4.41. The van der Waals surface area contributed by atoms with Crippen LogP contribution in [0.1, 0.15) is 12.0 Å². The fourth-order valence-electron chi connectivity index (χ4n) is 2.47. The van der Waals surface area contributed by atoms with Crippen LogP contribution in [0.4, 0.5) is 5.69 Å². The number of hydrogen-bond acceptors (Lipinski definition) is 3. The highest BCUT2D eigenvalue weighted by Gasteiger charge is 2.14. The van der Waals surface area contributed by atoms with Gasteiger partial charge in [-0.15, -0.1) is 0 Å². The van der Waals surface area contributed by atoms with Crippen molar-refractivity contribution < 1.29 is 0 Å². The molecule has 0 radical (unpaired) electrons. The Kier molecular flexibility index (Phi) is 2.69. The molecule has 0 aliphatic carbocycles. The Bertz CT molecular complexity index is 530. The number of nitrogens with one attached hydrogen (secondary N) is 2. The van der Waals surface area contributed by atoms with E-state index >= 15 is 0 Å². The second kappa shape index (κ2) is 4.34. The van der Waals surface area contributed by atoms with Gasteiger partial charge in [0, 0.05) is 29.9 Å². The van der Waals surface area contributed by atoms with E-state index in [0.717, 1.165) is 18.6 Å². The Morgan fingerprint density at radius 2 is 2.35 bits per heavy atom. The molecule has 88 valence electrons. The monoisotopic (exact) mass is 227 g/mol. The molecule has 0 unspecified atom stereocenters. The molecule has 2 N–H and O–H groups in total. The van der Waals surface area contributed by atoms with Crippen molar-refractivity contribution >= 4 is 16.6 Å². The quantitative estimate of drug-likeness (QED) is 0.826. The van der Waals surface area contributed by atoms with Crippen molar-refractivity contribution in [3.63, 3.8) is 0 Å². The van der Waals surface area contributed by atoms with E-state index < -0.39 is 0 Å². The van der Waals surface area contributed by atoms with Gasteiger partial charge in [-0.3, -0.25) is 4.98 Å². The topological polar surface area (TPSA) is 37.0 Å². The van der Waals surface area contributed by atoms with E-state index in [0.29, 0.717) is 6.04 Å². The minimum Gasteiger partial charge on any atom is -0.381 e. The molecule has 1 fully saturated rings. The average Bonchev–Trinajstić information content (AvgIpc) is 2.82. The number of rotatable bonds is 2. The van der Waals surface area contributed by atoms with Crippen molar-refractivity contribution in [2.45, 2.75) is 19.4 Å². The van der Waals surface area contributed by atoms with Crippen molar-refractivity contribution in [2.24, 2.45) is 0 Å². The molecular formula is C14H17N3. The molecule has 0 spiro atoms. The van der Waals surface area contributed by atoms with Gasteiger partial charge in [-0.1, -0.05) is 6.07 Å². The molecule has 1 atom stereocenters. The number of pyridine rings is 1. The third-order valence-corrected chi connectivity index (χ3v) is 3.33. The van der Waals surface area contributed by atoms with Crippen LogP contribution in [0.2, 0.25) is 0 Å². The van der Waals surface area contributed by atoms with Crippen LogP contribution >= 0.6 is 0 Å². The number of nitrogens with zero attached hydrogens (tertiary/aromatic N) is 1. The lowest BCUT2D eigenvalue weighted by atomic mass is 10.1. The zero-order valence-corrected chi connectivity index (χ0v) is 10.0. The van der Waals surface area contributed by atoms with Gasteiger partial charge in [0.1, 0.15) is 0 Å². The lowest BCUT2D eigenvalue weighted by Gasteiger charge is -2.14. The molecule has 17 heavy (non-hydrogen) atoms. The number of benzene rings is 1. The smallest absolute Gasteiger partial charge is 0.0732 e. The Labute approximate surface area is 101 Å². The van der Waals surface area contributed by atoms with Crippen LogP contribution < -0.4 is 10.6 Å². The van der Waals surface area contributed by atoms with Gasteiger partial charge in [-0.2, -0.15) is 0 Å². The van der Waals surface area contributed by atoms with Crippen LogP contribution in [0.5, 0.6) is 0 Å². The first kappa shape index (κ1) is 10.5. The van der Waals surface area contributed by atoms with E-state index in [4.69, 9.17) is 0 Å². The maximum Gasteiger partial charge on any atom is 0.0732 e. The number of aromatic nitrogens is 1. The van der Waals surface area contributed by atoms with E-state index in [1.54, 1.807) is 0 Å². The molecule has 1 aliphatic heterocycles. The number of anilines is 1. The van der Waals surface area contributed by atoms with Gasteiger partial charge in [-0.05, 0) is 43.7 Å². The first-order chi connectivity index (χ1) is 8.33. The van der Waals surface area contributed by atoms with E-state index in [1.807, 2.05) is 12.3 Å². The molecule has 3 heteroatoms. The summed E-state index contributed by atoms with van der Waals surface area (Å²) in [6, 6.07) is 9.04. The van der Waals surface area contributed by atoms with E-state index in [-0.39, 0.29) is 0 Å². The zero-order valence-electron chi connectivity index (χ0n) is 10.0. The molecule has 3 rings (SSSR count). The molecule has 0 bridgehead atoms. The summed E-state index contributed by atoms with van der Waals surface area (Å²) in [5.41, 5.74) is 3.54. The second-order valence-electron chi connectivity index (χ2n) is 4.70. The van der Waals surface area contributed by atoms with Gasteiger partial charge in [0.25, 0.3) is 0 Å². The SMILES string of the molecule is Cc1cc(N[C@@H]2CCNC2)cc2cccnc12. The normalized spacial score (nSPS) is 19.7. The van der Waals surface area contributed by atoms with Crippen molar-refractivity contribution in [3.8, 4) is 0 Å². The van der Waals surface area contributed by atoms with Crippen LogP contribution in [0, 0.1) is 6.92 Å². The van der Waals surface area contributed by atoms with Crippen LogP contribution in [0.3, 0.4) is 0 Å². The summed E-state index contributed by atoms with van der Waals surface area (Å²) in [6.45, 7) is 4.29. The van der Waals surface area contributed by atoms with Crippen LogP contribution in [0.15, 0.2) is 30.5 Å². The summed E-state index contributed by atoms with van der Waals surface area (Å²) in [6.07, 6.45) is 3.05. The second-order valence-corrected chi connectivity index (χ2v) is 4.70. The van der Waals surface area contributed by atoms with Gasteiger partial charge >= 0.3 is 0 Å². The summed E-state index contributed by atoms with van der Waals surface area (Å²) in [5.74, 6) is 0. The number of hydrogen-bond donors (Lipinski definition) is 2. The van der Waals surface area contributed by atoms with Gasteiger partial charge < -0.3 is 10.6 Å². The lowest BCUT2D eigenvalue weighted by molar-refractivity contribution is 0.793. The Morgan fingerprint density at radius 1 is 1.41 bits per heavy atom. The molecule has 0 amide bonds. The summed E-state index contributed by atoms with van der Waals surface area (Å²) >= 11 is 0. The molecule has 1 aromatic heterocycles. The van der Waals surface area contributed by atoms with Crippen molar-refractivity contribution in [1.29, 1.82) is 0 Å². The summed E-state index contributed by atoms with van der Waals surface area (Å²) in [5, 5.41) is 8.16. The fourth-order valence-corrected chi connectivity index (χ4v) is 2.47. The molecule has 2 heterocycles. The van der Waals surface area contributed by atoms with E-state index in [9.17, 15) is 0 Å². The highest BCUT2D eigenvalue weighted by Crippen LogP contribution is 2.22. The van der Waals surface area contributed by atoms with Crippen molar-refractivity contribution in [1.82, 2.24) is 10.3 Å². The lowest BCUT2D eigenvalue weighted by Crippen LogP contribution is -2.22. The van der Waals surface area contributed by atoms with Gasteiger partial charge in [0.05, 0.1) is 5.52 Å². The standard InChI is InChI=1S/C14H17N3/c1-10-7-13(17-12-4-6-15-9-12)8-11-3-2-5-16-14(10)11/h2-3,5,7-8,12,15,17H,4,6,9H2,1H3/t12-/m1/s1. The number of fused-ring (bicyclic) bond motifs is 1. The predicted octanol–water partition coefficient (Wildman–Crippen LogP) is 2.32. The van der Waals surface area contributed by atoms with Crippen LogP contribution in [-0.4, -0.2) is 24.1 Å². The van der Waals surface area contributed by atoms with Crippen molar-refractivity contribution in [3.05, 3.63) is 36.0 Å². The third kappa shape index (κ3) is 2.11. The molecule has 0 saturated carbocycles. The highest BCUT2D eigenvalue weighted by atomic mass is 15.0. The van der Waals surface area contributed by atoms with Gasteiger partial charge in [0.2, 0.25) is 0 Å². The van der Waals surface area contributed by atoms with E-state index in [2.05, 4.69) is 40.7 Å². The molecule has 1 saturated heterocycles. The van der Waals surface area contributed by atoms with E-state index in [1.165, 1.54) is 23.1 Å². The third-order valence-electron chi connectivity index (χ3n) is 3.33. The molecular weight excluding hydrogens is 210 g/mol. The fraction of sp³-hybridized carbons (Fsp3) is 0.357. The first-order valence-corrected chi connectivity index (χ1v) is 6.15. The average molecular weight is 227 g/mol. The Balaban J connectivity index is 1.94. The molecule has 1 aliphatic rings. The molecule has 3 nitrogen and oxygen atoms in total. The highest BCUT2D eigenvalue weighted by molar-refractivity contribution is 5.85. The predicted molar refractivity (Wildman–Crippen MR) is 71.4 cm³/mol. The maximum absolute atomic E-state index is 4.41. The summed E-state index contributed by atoms with van der Waals surface area (Å²) < 4.78 is 0. The molecule has 1 aromatic carbocycles. The van der Waals surface area contributed by atoms with Crippen LogP contribution in [0.25, 0.3) is 10.9 Å². The Morgan fingerprint density at radius 3 is 3.18 bits per heavy atom. The minimum atomic E-state index is 0.559. The van der Waals surface area contributed by atoms with Crippen molar-refractivity contribution in [2.75, 3.05) is 18.4 Å². The maximum atomic E-state index is 4.41. The van der Waals surface area contributed by atoms with Gasteiger partial charge in [-0.25, -0.2) is 0 Å². The number of aryl methyl sites for hydroxylation is 1. The molecule has 2 aromatic rings. The zero-order chi connectivity index (χ0) is 11.7. The minimum absolute atomic E-state index is 0.559.